The monoisotopic (exact) mass is 899 g/mol. The van der Waals surface area contributed by atoms with Crippen LogP contribution in [0.15, 0.2) is 255 Å². The minimum absolute atomic E-state index is 0.578. The van der Waals surface area contributed by atoms with E-state index in [-0.39, 0.29) is 0 Å². The molecule has 0 amide bonds. The molecule has 70 heavy (non-hydrogen) atoms. The van der Waals surface area contributed by atoms with Gasteiger partial charge >= 0.3 is 0 Å². The predicted molar refractivity (Wildman–Crippen MR) is 296 cm³/mol. The molecule has 0 aliphatic heterocycles. The molecule has 0 N–H and O–H groups in total. The van der Waals surface area contributed by atoms with Crippen LogP contribution in [0.4, 0.5) is 17.1 Å². The Morgan fingerprint density at radius 3 is 1.53 bits per heavy atom. The molecule has 0 spiro atoms. The molecule has 2 unspecified atom stereocenters. The minimum atomic E-state index is -0.578. The lowest BCUT2D eigenvalue weighted by Crippen LogP contribution is -2.30. The molecular formula is C69H57N. The van der Waals surface area contributed by atoms with E-state index in [4.69, 9.17) is 0 Å². The first-order chi connectivity index (χ1) is 34.5. The average molecular weight is 900 g/mol. The van der Waals surface area contributed by atoms with Crippen LogP contribution in [0.5, 0.6) is 0 Å². The highest BCUT2D eigenvalue weighted by Crippen LogP contribution is 2.58. The average Bonchev–Trinajstić information content (AvgIpc) is 3.72. The second kappa shape index (κ2) is 18.5. The molecule has 1 heteroatoms. The minimum Gasteiger partial charge on any atom is -0.310 e. The Hall–Kier alpha value is -8.00. The molecule has 0 radical (unpaired) electrons. The highest BCUT2D eigenvalue weighted by atomic mass is 15.1. The summed E-state index contributed by atoms with van der Waals surface area (Å²) in [7, 11) is 0. The number of rotatable bonds is 11. The Kier molecular flexibility index (Phi) is 11.4. The van der Waals surface area contributed by atoms with Gasteiger partial charge in [-0.25, -0.2) is 0 Å². The van der Waals surface area contributed by atoms with Crippen molar-refractivity contribution >= 4 is 27.8 Å². The van der Waals surface area contributed by atoms with Gasteiger partial charge in [-0.2, -0.15) is 0 Å². The molecule has 0 bridgehead atoms. The van der Waals surface area contributed by atoms with Crippen molar-refractivity contribution in [2.24, 2.45) is 11.8 Å². The van der Waals surface area contributed by atoms with E-state index in [0.717, 1.165) is 35.3 Å². The van der Waals surface area contributed by atoms with Gasteiger partial charge in [-0.3, -0.25) is 0 Å². The molecule has 1 fully saturated rings. The third kappa shape index (κ3) is 7.77. The fraction of sp³-hybridized carbons (Fsp3) is 0.130. The normalized spacial score (nSPS) is 15.9. The number of anilines is 3. The first kappa shape index (κ1) is 43.3. The maximum atomic E-state index is 4.35. The SMILES string of the molecule is C=C1CC(C)CC(CCc2ccc(-c3ccc(N(c4ccc(-c5cccc6cccc(-c7ccccc7)c56)cc4)c4ccccc4C4(c5ccccc5)c5ccccc5-c5ccccc54)cc3)cc2)C1. The highest BCUT2D eigenvalue weighted by Gasteiger charge is 2.47. The van der Waals surface area contributed by atoms with E-state index in [1.165, 1.54) is 114 Å². The maximum Gasteiger partial charge on any atom is 0.0733 e. The molecule has 2 aliphatic carbocycles. The quantitative estimate of drug-likeness (QED) is 0.117. The zero-order chi connectivity index (χ0) is 47.0. The van der Waals surface area contributed by atoms with Crippen molar-refractivity contribution in [1.82, 2.24) is 0 Å². The van der Waals surface area contributed by atoms with Crippen LogP contribution < -0.4 is 4.90 Å². The number of allylic oxidation sites excluding steroid dienone is 1. The van der Waals surface area contributed by atoms with Crippen molar-refractivity contribution in [2.75, 3.05) is 4.90 Å². The first-order valence-corrected chi connectivity index (χ1v) is 25.2. The first-order valence-electron chi connectivity index (χ1n) is 25.2. The van der Waals surface area contributed by atoms with Gasteiger partial charge < -0.3 is 4.90 Å². The molecule has 10 aromatic carbocycles. The van der Waals surface area contributed by atoms with Crippen LogP contribution in [0.3, 0.4) is 0 Å². The molecule has 0 saturated heterocycles. The summed E-state index contributed by atoms with van der Waals surface area (Å²) in [4.78, 5) is 2.49. The van der Waals surface area contributed by atoms with Crippen LogP contribution in [-0.4, -0.2) is 0 Å². The standard InChI is InChI=1S/C69H57N/c1-48-45-49(2)47-51(46-48)32-31-50-33-35-52(36-34-50)53-37-41-58(42-38-53)70(59-43-39-55(40-44-59)61-26-16-20-56-19-15-25-60(68(56)61)54-17-5-3-6-18-54)67-30-14-13-29-66(67)69(57-21-7-4-8-22-57)64-27-11-9-23-62(64)63-24-10-12-28-65(63)69/h3-30,33-44,49,51H,1,31-32,45-47H2,2H3. The summed E-state index contributed by atoms with van der Waals surface area (Å²) in [5, 5.41) is 2.50. The summed E-state index contributed by atoms with van der Waals surface area (Å²) in [5.74, 6) is 1.50. The largest absolute Gasteiger partial charge is 0.310 e. The molecule has 2 atom stereocenters. The van der Waals surface area contributed by atoms with E-state index in [9.17, 15) is 0 Å². The summed E-state index contributed by atoms with van der Waals surface area (Å²) in [6, 6.07) is 90.3. The van der Waals surface area contributed by atoms with Gasteiger partial charge in [0.2, 0.25) is 0 Å². The summed E-state index contributed by atoms with van der Waals surface area (Å²) >= 11 is 0. The van der Waals surface area contributed by atoms with E-state index < -0.39 is 5.41 Å². The summed E-state index contributed by atoms with van der Waals surface area (Å²) in [5.41, 5.74) is 20.6. The number of fused-ring (bicyclic) bond motifs is 4. The van der Waals surface area contributed by atoms with Gasteiger partial charge in [-0.05, 0) is 157 Å². The Bertz CT molecular complexity index is 3420. The number of hydrogen-bond donors (Lipinski definition) is 0. The molecular weight excluding hydrogens is 843 g/mol. The topological polar surface area (TPSA) is 3.24 Å². The van der Waals surface area contributed by atoms with Crippen LogP contribution >= 0.6 is 0 Å². The van der Waals surface area contributed by atoms with E-state index in [1.54, 1.807) is 0 Å². The van der Waals surface area contributed by atoms with Gasteiger partial charge in [-0.1, -0.05) is 231 Å². The van der Waals surface area contributed by atoms with Gasteiger partial charge in [0.25, 0.3) is 0 Å². The van der Waals surface area contributed by atoms with E-state index in [1.807, 2.05) is 0 Å². The van der Waals surface area contributed by atoms with E-state index in [0.29, 0.717) is 0 Å². The molecule has 10 aromatic rings. The van der Waals surface area contributed by atoms with Gasteiger partial charge in [0.1, 0.15) is 0 Å². The van der Waals surface area contributed by atoms with Crippen molar-refractivity contribution in [3.63, 3.8) is 0 Å². The van der Waals surface area contributed by atoms with Gasteiger partial charge in [0, 0.05) is 11.4 Å². The van der Waals surface area contributed by atoms with Crippen LogP contribution in [0.1, 0.15) is 60.4 Å². The van der Waals surface area contributed by atoms with Gasteiger partial charge in [0.15, 0.2) is 0 Å². The Balaban J connectivity index is 0.981. The molecule has 1 saturated carbocycles. The van der Waals surface area contributed by atoms with Crippen LogP contribution in [0.25, 0.3) is 55.3 Å². The molecule has 0 heterocycles. The number of benzene rings is 10. The van der Waals surface area contributed by atoms with Crippen molar-refractivity contribution in [3.05, 3.63) is 283 Å². The third-order valence-corrected chi connectivity index (χ3v) is 15.3. The summed E-state index contributed by atoms with van der Waals surface area (Å²) < 4.78 is 0. The van der Waals surface area contributed by atoms with Crippen molar-refractivity contribution in [3.8, 4) is 44.5 Å². The van der Waals surface area contributed by atoms with E-state index in [2.05, 4.69) is 261 Å². The zero-order valence-corrected chi connectivity index (χ0v) is 39.9. The molecule has 12 rings (SSSR count). The van der Waals surface area contributed by atoms with Gasteiger partial charge in [-0.15, -0.1) is 0 Å². The van der Waals surface area contributed by atoms with Crippen molar-refractivity contribution in [1.29, 1.82) is 0 Å². The fourth-order valence-electron chi connectivity index (χ4n) is 12.3. The van der Waals surface area contributed by atoms with Crippen molar-refractivity contribution in [2.45, 2.75) is 44.4 Å². The lowest BCUT2D eigenvalue weighted by Gasteiger charge is -2.38. The lowest BCUT2D eigenvalue weighted by molar-refractivity contribution is 0.321. The lowest BCUT2D eigenvalue weighted by atomic mass is 9.67. The highest BCUT2D eigenvalue weighted by molar-refractivity contribution is 6.06. The molecule has 338 valence electrons. The Morgan fingerprint density at radius 1 is 0.443 bits per heavy atom. The smallest absolute Gasteiger partial charge is 0.0733 e. The Morgan fingerprint density at radius 2 is 0.929 bits per heavy atom. The van der Waals surface area contributed by atoms with Crippen LogP contribution in [0, 0.1) is 11.8 Å². The van der Waals surface area contributed by atoms with Gasteiger partial charge in [0.05, 0.1) is 11.1 Å². The molecule has 0 aromatic heterocycles. The van der Waals surface area contributed by atoms with Crippen molar-refractivity contribution < 1.29 is 0 Å². The maximum absolute atomic E-state index is 4.35. The zero-order valence-electron chi connectivity index (χ0n) is 39.9. The number of hydrogen-bond acceptors (Lipinski definition) is 1. The fourth-order valence-corrected chi connectivity index (χ4v) is 12.3. The second-order valence-electron chi connectivity index (χ2n) is 19.8. The summed E-state index contributed by atoms with van der Waals surface area (Å²) in [6.45, 7) is 6.74. The molecule has 1 nitrogen and oxygen atoms in total. The van der Waals surface area contributed by atoms with Crippen LogP contribution in [-0.2, 0) is 11.8 Å². The third-order valence-electron chi connectivity index (χ3n) is 15.3. The van der Waals surface area contributed by atoms with Crippen LogP contribution in [0.2, 0.25) is 0 Å². The predicted octanol–water partition coefficient (Wildman–Crippen LogP) is 18.6. The number of aryl methyl sites for hydroxylation is 1. The number of nitrogens with zero attached hydrogens (tertiary/aromatic N) is 1. The van der Waals surface area contributed by atoms with E-state index >= 15 is 0 Å². The summed E-state index contributed by atoms with van der Waals surface area (Å²) in [6.07, 6.45) is 6.05. The second-order valence-corrected chi connectivity index (χ2v) is 19.8. The number of para-hydroxylation sites is 1. The Labute approximate surface area is 414 Å². The molecule has 2 aliphatic rings.